The zero-order valence-electron chi connectivity index (χ0n) is 16.2. The summed E-state index contributed by atoms with van der Waals surface area (Å²) in [6, 6.07) is 8.04. The Morgan fingerprint density at radius 1 is 1.04 bits per heavy atom. The van der Waals surface area contributed by atoms with Crippen molar-refractivity contribution in [3.63, 3.8) is 0 Å². The minimum Gasteiger partial charge on any atom is -0.466 e. The number of likely N-dealkylation sites (N-methyl/N-ethyl adjacent to an activating group) is 1. The minimum absolute atomic E-state index is 0.143. The molecule has 0 aromatic heterocycles. The van der Waals surface area contributed by atoms with Crippen LogP contribution in [0, 0.1) is 0 Å². The molecule has 0 N–H and O–H groups in total. The Labute approximate surface area is 157 Å². The van der Waals surface area contributed by atoms with Gasteiger partial charge in [0, 0.05) is 51.1 Å². The summed E-state index contributed by atoms with van der Waals surface area (Å²) in [5, 5.41) is 0. The number of esters is 1. The van der Waals surface area contributed by atoms with Crippen LogP contribution in [0.2, 0.25) is 0 Å². The van der Waals surface area contributed by atoms with Gasteiger partial charge in [0.25, 0.3) is 0 Å². The maximum absolute atomic E-state index is 12.4. The van der Waals surface area contributed by atoms with E-state index in [9.17, 15) is 9.59 Å². The van der Waals surface area contributed by atoms with E-state index >= 15 is 0 Å². The molecule has 0 radical (unpaired) electrons. The first-order valence-corrected chi connectivity index (χ1v) is 9.77. The van der Waals surface area contributed by atoms with E-state index < -0.39 is 0 Å². The Hall–Kier alpha value is -1.72. The van der Waals surface area contributed by atoms with Crippen molar-refractivity contribution in [2.24, 2.45) is 0 Å². The Morgan fingerprint density at radius 3 is 2.50 bits per heavy atom. The summed E-state index contributed by atoms with van der Waals surface area (Å²) in [7, 11) is 2.16. The van der Waals surface area contributed by atoms with Gasteiger partial charge in [-0.2, -0.15) is 0 Å². The molecule has 0 spiro atoms. The predicted molar refractivity (Wildman–Crippen MR) is 103 cm³/mol. The highest BCUT2D eigenvalue weighted by Crippen LogP contribution is 2.14. The van der Waals surface area contributed by atoms with Crippen molar-refractivity contribution < 1.29 is 14.3 Å². The summed E-state index contributed by atoms with van der Waals surface area (Å²) in [6.45, 7) is 7.52. The molecular weight excluding hydrogens is 328 g/mol. The molecule has 0 unspecified atom stereocenters. The minimum atomic E-state index is -0.143. The topological polar surface area (TPSA) is 49.9 Å². The summed E-state index contributed by atoms with van der Waals surface area (Å²) >= 11 is 0. The maximum atomic E-state index is 12.4. The molecule has 5 nitrogen and oxygen atoms in total. The third-order valence-electron chi connectivity index (χ3n) is 4.84. The van der Waals surface area contributed by atoms with E-state index in [0.29, 0.717) is 19.4 Å². The fraction of sp³-hybridized carbons (Fsp3) is 0.619. The number of nitrogens with zero attached hydrogens (tertiary/aromatic N) is 2. The zero-order valence-corrected chi connectivity index (χ0v) is 16.2. The summed E-state index contributed by atoms with van der Waals surface area (Å²) in [6.07, 6.45) is 3.48. The second-order valence-electron chi connectivity index (χ2n) is 7.07. The second kappa shape index (κ2) is 11.1. The fourth-order valence-corrected chi connectivity index (χ4v) is 3.22. The largest absolute Gasteiger partial charge is 0.466 e. The van der Waals surface area contributed by atoms with Crippen LogP contribution in [-0.4, -0.2) is 61.4 Å². The summed E-state index contributed by atoms with van der Waals surface area (Å²) in [5.74, 6) is 0.0526. The number of ether oxygens (including phenoxy) is 1. The number of carbonyl (C=O) groups is 2. The molecule has 1 aliphatic heterocycles. The van der Waals surface area contributed by atoms with Crippen molar-refractivity contribution >= 4 is 11.8 Å². The predicted octanol–water partition coefficient (Wildman–Crippen LogP) is 3.13. The number of hydrogen-bond donors (Lipinski definition) is 0. The van der Waals surface area contributed by atoms with Crippen molar-refractivity contribution in [1.82, 2.24) is 9.80 Å². The SMILES string of the molecule is CCOC(=O)CCCCCC(=O)c1cccc(CN2CCN(C)CC2)c1. The van der Waals surface area contributed by atoms with Crippen LogP contribution in [0.25, 0.3) is 0 Å². The summed E-state index contributed by atoms with van der Waals surface area (Å²) in [5.41, 5.74) is 2.02. The molecule has 0 saturated carbocycles. The van der Waals surface area contributed by atoms with E-state index in [1.165, 1.54) is 5.56 Å². The molecule has 1 saturated heterocycles. The quantitative estimate of drug-likeness (QED) is 0.364. The highest BCUT2D eigenvalue weighted by Gasteiger charge is 2.14. The van der Waals surface area contributed by atoms with Crippen LogP contribution in [0.3, 0.4) is 0 Å². The highest BCUT2D eigenvalue weighted by molar-refractivity contribution is 5.96. The Kier molecular flexibility index (Phi) is 8.78. The van der Waals surface area contributed by atoms with Crippen molar-refractivity contribution in [3.8, 4) is 0 Å². The van der Waals surface area contributed by atoms with Crippen molar-refractivity contribution in [2.45, 2.75) is 45.6 Å². The molecule has 0 bridgehead atoms. The van der Waals surface area contributed by atoms with E-state index in [1.54, 1.807) is 0 Å². The van der Waals surface area contributed by atoms with Gasteiger partial charge in [-0.15, -0.1) is 0 Å². The van der Waals surface area contributed by atoms with E-state index in [2.05, 4.69) is 22.9 Å². The number of ketones is 1. The van der Waals surface area contributed by atoms with Gasteiger partial charge in [-0.3, -0.25) is 14.5 Å². The molecule has 0 amide bonds. The Balaban J connectivity index is 1.72. The first-order chi connectivity index (χ1) is 12.6. The van der Waals surface area contributed by atoms with Crippen molar-refractivity contribution in [2.75, 3.05) is 39.8 Å². The van der Waals surface area contributed by atoms with E-state index in [1.807, 2.05) is 25.1 Å². The molecule has 1 aromatic carbocycles. The lowest BCUT2D eigenvalue weighted by atomic mass is 10.0. The lowest BCUT2D eigenvalue weighted by molar-refractivity contribution is -0.143. The van der Waals surface area contributed by atoms with Gasteiger partial charge in [0.2, 0.25) is 0 Å². The standard InChI is InChI=1S/C21H32N2O3/c1-3-26-21(25)11-6-4-5-10-20(24)19-9-7-8-18(16-19)17-23-14-12-22(2)13-15-23/h7-9,16H,3-6,10-15,17H2,1-2H3. The lowest BCUT2D eigenvalue weighted by Crippen LogP contribution is -2.43. The molecule has 1 heterocycles. The van der Waals surface area contributed by atoms with Gasteiger partial charge in [-0.05, 0) is 38.4 Å². The molecule has 144 valence electrons. The Bertz CT molecular complexity index is 580. The highest BCUT2D eigenvalue weighted by atomic mass is 16.5. The average molecular weight is 360 g/mol. The normalized spacial score (nSPS) is 15.8. The molecule has 1 fully saturated rings. The van der Waals surface area contributed by atoms with Crippen LogP contribution in [-0.2, 0) is 16.1 Å². The third-order valence-corrected chi connectivity index (χ3v) is 4.84. The van der Waals surface area contributed by atoms with Gasteiger partial charge in [0.05, 0.1) is 6.61 Å². The fourth-order valence-electron chi connectivity index (χ4n) is 3.22. The van der Waals surface area contributed by atoms with Crippen molar-refractivity contribution in [1.29, 1.82) is 0 Å². The molecule has 2 rings (SSSR count). The maximum Gasteiger partial charge on any atom is 0.305 e. The van der Waals surface area contributed by atoms with Gasteiger partial charge in [-0.1, -0.05) is 24.6 Å². The average Bonchev–Trinajstić information content (AvgIpc) is 2.64. The van der Waals surface area contributed by atoms with Crippen LogP contribution < -0.4 is 0 Å². The van der Waals surface area contributed by atoms with Crippen LogP contribution in [0.5, 0.6) is 0 Å². The molecule has 1 aromatic rings. The second-order valence-corrected chi connectivity index (χ2v) is 7.07. The van der Waals surface area contributed by atoms with Gasteiger partial charge < -0.3 is 9.64 Å². The number of unbranched alkanes of at least 4 members (excludes halogenated alkanes) is 2. The number of Topliss-reactive ketones (excluding diaryl/α,β-unsaturated/α-hetero) is 1. The van der Waals surface area contributed by atoms with Crippen LogP contribution in [0.1, 0.15) is 54.9 Å². The van der Waals surface area contributed by atoms with E-state index in [4.69, 9.17) is 4.74 Å². The molecule has 0 aliphatic carbocycles. The number of carbonyl (C=O) groups excluding carboxylic acids is 2. The molecule has 1 aliphatic rings. The molecule has 26 heavy (non-hydrogen) atoms. The van der Waals surface area contributed by atoms with Crippen molar-refractivity contribution in [3.05, 3.63) is 35.4 Å². The van der Waals surface area contributed by atoms with E-state index in [0.717, 1.165) is 57.5 Å². The summed E-state index contributed by atoms with van der Waals surface area (Å²) < 4.78 is 4.91. The van der Waals surface area contributed by atoms with Crippen LogP contribution in [0.15, 0.2) is 24.3 Å². The molecular formula is C21H32N2O3. The van der Waals surface area contributed by atoms with Crippen LogP contribution in [0.4, 0.5) is 0 Å². The number of rotatable bonds is 10. The number of benzene rings is 1. The number of piperazine rings is 1. The zero-order chi connectivity index (χ0) is 18.8. The van der Waals surface area contributed by atoms with Crippen LogP contribution >= 0.6 is 0 Å². The molecule has 5 heteroatoms. The Morgan fingerprint density at radius 2 is 1.77 bits per heavy atom. The number of hydrogen-bond acceptors (Lipinski definition) is 5. The smallest absolute Gasteiger partial charge is 0.305 e. The third kappa shape index (κ3) is 7.26. The van der Waals surface area contributed by atoms with Gasteiger partial charge >= 0.3 is 5.97 Å². The molecule has 0 atom stereocenters. The van der Waals surface area contributed by atoms with E-state index in [-0.39, 0.29) is 11.8 Å². The first-order valence-electron chi connectivity index (χ1n) is 9.77. The van der Waals surface area contributed by atoms with Gasteiger partial charge in [0.15, 0.2) is 5.78 Å². The van der Waals surface area contributed by atoms with Gasteiger partial charge in [-0.25, -0.2) is 0 Å². The lowest BCUT2D eigenvalue weighted by Gasteiger charge is -2.32. The summed E-state index contributed by atoms with van der Waals surface area (Å²) in [4.78, 5) is 28.5. The monoisotopic (exact) mass is 360 g/mol. The van der Waals surface area contributed by atoms with Gasteiger partial charge in [0.1, 0.15) is 0 Å². The first kappa shape index (κ1) is 20.6.